The summed E-state index contributed by atoms with van der Waals surface area (Å²) < 4.78 is 0. The maximum Gasteiger partial charge on any atom is 0.0512 e. The van der Waals surface area contributed by atoms with Crippen LogP contribution in [0.3, 0.4) is 0 Å². The van der Waals surface area contributed by atoms with Crippen LogP contribution in [-0.4, -0.2) is 35.7 Å². The molecule has 1 heterocycles. The number of aliphatic hydroxyl groups excluding tert-OH is 1. The van der Waals surface area contributed by atoms with Crippen LogP contribution in [0.1, 0.15) is 39.5 Å². The Hall–Kier alpha value is -0.0800. The Labute approximate surface area is 81.9 Å². The lowest BCUT2D eigenvalue weighted by Gasteiger charge is -2.15. The average molecular weight is 185 g/mol. The Morgan fingerprint density at radius 1 is 1.54 bits per heavy atom. The quantitative estimate of drug-likeness (QED) is 0.707. The molecule has 78 valence electrons. The number of hydrogen-bond acceptors (Lipinski definition) is 2. The molecule has 0 amide bonds. The van der Waals surface area contributed by atoms with Crippen molar-refractivity contribution in [3.8, 4) is 0 Å². The van der Waals surface area contributed by atoms with Crippen LogP contribution in [0.4, 0.5) is 0 Å². The van der Waals surface area contributed by atoms with Gasteiger partial charge in [0.2, 0.25) is 0 Å². The zero-order valence-corrected chi connectivity index (χ0v) is 9.00. The van der Waals surface area contributed by atoms with Gasteiger partial charge in [0, 0.05) is 6.54 Å². The minimum atomic E-state index is -0.121. The highest BCUT2D eigenvalue weighted by Crippen LogP contribution is 2.19. The maximum absolute atomic E-state index is 9.11. The van der Waals surface area contributed by atoms with Crippen molar-refractivity contribution < 1.29 is 5.11 Å². The molecule has 0 aromatic carbocycles. The van der Waals surface area contributed by atoms with Crippen LogP contribution in [0.25, 0.3) is 0 Å². The zero-order chi connectivity index (χ0) is 9.68. The molecule has 0 aromatic rings. The molecule has 0 bridgehead atoms. The van der Waals surface area contributed by atoms with Gasteiger partial charge in [-0.25, -0.2) is 0 Å². The number of aliphatic hydroxyl groups is 1. The third kappa shape index (κ3) is 4.10. The summed E-state index contributed by atoms with van der Waals surface area (Å²) in [6.07, 6.45) is 4.68. The summed E-state index contributed by atoms with van der Waals surface area (Å²) in [6, 6.07) is 0. The lowest BCUT2D eigenvalue weighted by molar-refractivity contribution is 0.174. The standard InChI is InChI=1S/C11H23NO/c1-3-11-6-8-12(9-11)7-4-5-10(2)13/h10-11,13H,3-9H2,1-2H3. The van der Waals surface area contributed by atoms with Crippen molar-refractivity contribution in [1.29, 1.82) is 0 Å². The third-order valence-corrected chi connectivity index (χ3v) is 3.04. The minimum absolute atomic E-state index is 0.121. The predicted molar refractivity (Wildman–Crippen MR) is 55.8 cm³/mol. The van der Waals surface area contributed by atoms with Crippen LogP contribution in [0.5, 0.6) is 0 Å². The fourth-order valence-corrected chi connectivity index (χ4v) is 2.06. The van der Waals surface area contributed by atoms with Gasteiger partial charge in [0.05, 0.1) is 6.10 Å². The van der Waals surface area contributed by atoms with Gasteiger partial charge in [-0.3, -0.25) is 0 Å². The summed E-state index contributed by atoms with van der Waals surface area (Å²) in [5, 5.41) is 9.11. The van der Waals surface area contributed by atoms with Crippen LogP contribution in [0.15, 0.2) is 0 Å². The Bertz CT molecular complexity index is 136. The normalized spacial score (nSPS) is 26.5. The van der Waals surface area contributed by atoms with E-state index in [0.717, 1.165) is 18.8 Å². The second-order valence-corrected chi connectivity index (χ2v) is 4.35. The Morgan fingerprint density at radius 2 is 2.31 bits per heavy atom. The average Bonchev–Trinajstić information content (AvgIpc) is 2.52. The highest BCUT2D eigenvalue weighted by atomic mass is 16.3. The molecule has 1 rings (SSSR count). The maximum atomic E-state index is 9.11. The molecule has 1 fully saturated rings. The zero-order valence-electron chi connectivity index (χ0n) is 9.00. The van der Waals surface area contributed by atoms with Gasteiger partial charge < -0.3 is 10.0 Å². The number of rotatable bonds is 5. The molecule has 0 radical (unpaired) electrons. The van der Waals surface area contributed by atoms with E-state index in [1.807, 2.05) is 6.92 Å². The van der Waals surface area contributed by atoms with Gasteiger partial charge in [-0.05, 0) is 45.2 Å². The van der Waals surface area contributed by atoms with Crippen LogP contribution < -0.4 is 0 Å². The fraction of sp³-hybridized carbons (Fsp3) is 1.00. The largest absolute Gasteiger partial charge is 0.393 e. The molecule has 0 saturated carbocycles. The van der Waals surface area contributed by atoms with Crippen molar-refractivity contribution in [2.45, 2.75) is 45.6 Å². The van der Waals surface area contributed by atoms with E-state index >= 15 is 0 Å². The smallest absolute Gasteiger partial charge is 0.0512 e. The van der Waals surface area contributed by atoms with E-state index < -0.39 is 0 Å². The summed E-state index contributed by atoms with van der Waals surface area (Å²) in [5.41, 5.74) is 0. The van der Waals surface area contributed by atoms with Crippen molar-refractivity contribution in [3.63, 3.8) is 0 Å². The molecule has 0 aliphatic carbocycles. The van der Waals surface area contributed by atoms with E-state index in [2.05, 4.69) is 11.8 Å². The molecule has 13 heavy (non-hydrogen) atoms. The van der Waals surface area contributed by atoms with E-state index in [-0.39, 0.29) is 6.10 Å². The van der Waals surface area contributed by atoms with Crippen molar-refractivity contribution in [1.82, 2.24) is 4.90 Å². The highest BCUT2D eigenvalue weighted by molar-refractivity contribution is 4.74. The minimum Gasteiger partial charge on any atom is -0.393 e. The lowest BCUT2D eigenvalue weighted by atomic mass is 10.1. The Morgan fingerprint density at radius 3 is 2.85 bits per heavy atom. The third-order valence-electron chi connectivity index (χ3n) is 3.04. The highest BCUT2D eigenvalue weighted by Gasteiger charge is 2.19. The van der Waals surface area contributed by atoms with E-state index in [0.29, 0.717) is 0 Å². The first-order valence-electron chi connectivity index (χ1n) is 5.62. The van der Waals surface area contributed by atoms with Crippen molar-refractivity contribution >= 4 is 0 Å². The molecule has 1 aliphatic heterocycles. The van der Waals surface area contributed by atoms with Crippen molar-refractivity contribution in [2.75, 3.05) is 19.6 Å². The van der Waals surface area contributed by atoms with E-state index in [9.17, 15) is 0 Å². The summed E-state index contributed by atoms with van der Waals surface area (Å²) in [6.45, 7) is 7.90. The SMILES string of the molecule is CCC1CCN(CCCC(C)O)C1. The number of nitrogens with zero attached hydrogens (tertiary/aromatic N) is 1. The lowest BCUT2D eigenvalue weighted by Crippen LogP contribution is -2.22. The van der Waals surface area contributed by atoms with Crippen LogP contribution in [0, 0.1) is 5.92 Å². The number of hydrogen-bond donors (Lipinski definition) is 1. The van der Waals surface area contributed by atoms with Gasteiger partial charge >= 0.3 is 0 Å². The monoisotopic (exact) mass is 185 g/mol. The topological polar surface area (TPSA) is 23.5 Å². The van der Waals surface area contributed by atoms with Crippen LogP contribution in [0.2, 0.25) is 0 Å². The summed E-state index contributed by atoms with van der Waals surface area (Å²) in [4.78, 5) is 2.54. The van der Waals surface area contributed by atoms with Gasteiger partial charge in [-0.1, -0.05) is 13.3 Å². The van der Waals surface area contributed by atoms with Gasteiger partial charge in [-0.2, -0.15) is 0 Å². The molecule has 0 spiro atoms. The molecule has 1 N–H and O–H groups in total. The fourth-order valence-electron chi connectivity index (χ4n) is 2.06. The number of likely N-dealkylation sites (tertiary alicyclic amines) is 1. The van der Waals surface area contributed by atoms with E-state index in [4.69, 9.17) is 5.11 Å². The van der Waals surface area contributed by atoms with Crippen molar-refractivity contribution in [3.05, 3.63) is 0 Å². The molecule has 2 unspecified atom stereocenters. The molecule has 2 atom stereocenters. The van der Waals surface area contributed by atoms with Crippen LogP contribution in [-0.2, 0) is 0 Å². The second kappa shape index (κ2) is 5.61. The molecule has 1 saturated heterocycles. The summed E-state index contributed by atoms with van der Waals surface area (Å²) >= 11 is 0. The predicted octanol–water partition coefficient (Wildman–Crippen LogP) is 1.88. The Balaban J connectivity index is 2.03. The summed E-state index contributed by atoms with van der Waals surface area (Å²) in [5.74, 6) is 0.937. The molecular weight excluding hydrogens is 162 g/mol. The van der Waals surface area contributed by atoms with Gasteiger partial charge in [0.25, 0.3) is 0 Å². The first kappa shape index (κ1) is 11.0. The molecule has 2 heteroatoms. The van der Waals surface area contributed by atoms with Gasteiger partial charge in [-0.15, -0.1) is 0 Å². The van der Waals surface area contributed by atoms with E-state index in [1.54, 1.807) is 0 Å². The Kier molecular flexibility index (Phi) is 4.74. The first-order valence-corrected chi connectivity index (χ1v) is 5.62. The van der Waals surface area contributed by atoms with Crippen LogP contribution >= 0.6 is 0 Å². The molecule has 0 aromatic heterocycles. The second-order valence-electron chi connectivity index (χ2n) is 4.35. The van der Waals surface area contributed by atoms with E-state index in [1.165, 1.54) is 32.5 Å². The first-order chi connectivity index (χ1) is 6.22. The van der Waals surface area contributed by atoms with Gasteiger partial charge in [0.15, 0.2) is 0 Å². The van der Waals surface area contributed by atoms with Gasteiger partial charge in [0.1, 0.15) is 0 Å². The molecule has 1 aliphatic rings. The molecule has 2 nitrogen and oxygen atoms in total. The molecular formula is C11H23NO. The summed E-state index contributed by atoms with van der Waals surface area (Å²) in [7, 11) is 0. The van der Waals surface area contributed by atoms with Crippen molar-refractivity contribution in [2.24, 2.45) is 5.92 Å².